The summed E-state index contributed by atoms with van der Waals surface area (Å²) in [5.74, 6) is -0.151. The second-order valence-electron chi connectivity index (χ2n) is 5.31. The molecule has 1 atom stereocenters. The summed E-state index contributed by atoms with van der Waals surface area (Å²) in [6, 6.07) is -0.381. The summed E-state index contributed by atoms with van der Waals surface area (Å²) in [5.41, 5.74) is 6.22. The van der Waals surface area contributed by atoms with Crippen molar-refractivity contribution < 1.29 is 14.6 Å². The molecule has 0 bridgehead atoms. The van der Waals surface area contributed by atoms with Crippen LogP contribution in [0.2, 0.25) is 0 Å². The van der Waals surface area contributed by atoms with Gasteiger partial charge in [0.05, 0.1) is 19.3 Å². The molecule has 0 saturated carbocycles. The summed E-state index contributed by atoms with van der Waals surface area (Å²) in [4.78, 5) is 12.5. The Hall–Kier alpha value is -1.39. The Labute approximate surface area is 121 Å². The van der Waals surface area contributed by atoms with E-state index in [0.717, 1.165) is 22.3 Å². The highest BCUT2D eigenvalue weighted by atomic mass is 16.5. The number of carbonyl (C=O) groups is 1. The van der Waals surface area contributed by atoms with E-state index in [4.69, 9.17) is 4.74 Å². The van der Waals surface area contributed by atoms with Crippen molar-refractivity contribution in [2.24, 2.45) is 0 Å². The summed E-state index contributed by atoms with van der Waals surface area (Å²) in [5, 5.41) is 12.1. The summed E-state index contributed by atoms with van der Waals surface area (Å²) < 4.78 is 4.98. The summed E-state index contributed by atoms with van der Waals surface area (Å²) in [6.07, 6.45) is 0. The fourth-order valence-electron chi connectivity index (χ4n) is 2.44. The number of nitrogens with one attached hydrogen (secondary N) is 1. The van der Waals surface area contributed by atoms with Crippen LogP contribution in [0, 0.1) is 34.6 Å². The van der Waals surface area contributed by atoms with Crippen LogP contribution >= 0.6 is 0 Å². The van der Waals surface area contributed by atoms with E-state index in [1.54, 1.807) is 7.11 Å². The molecule has 112 valence electrons. The summed E-state index contributed by atoms with van der Waals surface area (Å²) in [6.45, 7) is 10.2. The number of benzene rings is 1. The number of rotatable bonds is 5. The average molecular weight is 279 g/mol. The van der Waals surface area contributed by atoms with Crippen LogP contribution in [0.5, 0.6) is 0 Å². The quantitative estimate of drug-likeness (QED) is 0.866. The van der Waals surface area contributed by atoms with Gasteiger partial charge in [-0.15, -0.1) is 0 Å². The van der Waals surface area contributed by atoms with E-state index in [2.05, 4.69) is 12.2 Å². The van der Waals surface area contributed by atoms with Crippen molar-refractivity contribution in [1.29, 1.82) is 0 Å². The largest absolute Gasteiger partial charge is 0.394 e. The molecular weight excluding hydrogens is 254 g/mol. The molecule has 20 heavy (non-hydrogen) atoms. The summed E-state index contributed by atoms with van der Waals surface area (Å²) in [7, 11) is 1.55. The first kappa shape index (κ1) is 16.7. The normalized spacial score (nSPS) is 12.3. The van der Waals surface area contributed by atoms with Gasteiger partial charge in [0.1, 0.15) is 0 Å². The van der Waals surface area contributed by atoms with E-state index in [-0.39, 0.29) is 18.6 Å². The highest BCUT2D eigenvalue weighted by Gasteiger charge is 2.20. The van der Waals surface area contributed by atoms with Crippen molar-refractivity contribution in [3.8, 4) is 0 Å². The average Bonchev–Trinajstić information content (AvgIpc) is 2.42. The van der Waals surface area contributed by atoms with Crippen molar-refractivity contribution in [3.05, 3.63) is 33.4 Å². The third-order valence-electron chi connectivity index (χ3n) is 4.15. The smallest absolute Gasteiger partial charge is 0.252 e. The first-order valence-electron chi connectivity index (χ1n) is 6.82. The number of methoxy groups -OCH3 is 1. The van der Waals surface area contributed by atoms with Gasteiger partial charge >= 0.3 is 0 Å². The molecule has 4 nitrogen and oxygen atoms in total. The molecule has 1 aromatic rings. The zero-order chi connectivity index (χ0) is 15.4. The maximum absolute atomic E-state index is 12.5. The van der Waals surface area contributed by atoms with Gasteiger partial charge in [0.25, 0.3) is 5.91 Å². The first-order valence-corrected chi connectivity index (χ1v) is 6.82. The highest BCUT2D eigenvalue weighted by molar-refractivity contribution is 5.98. The minimum Gasteiger partial charge on any atom is -0.394 e. The van der Waals surface area contributed by atoms with Gasteiger partial charge in [0, 0.05) is 12.7 Å². The molecule has 0 aliphatic carbocycles. The zero-order valence-corrected chi connectivity index (χ0v) is 13.3. The topological polar surface area (TPSA) is 58.6 Å². The standard InChI is InChI=1S/C16H25NO3/c1-9-10(2)12(4)15(13(5)11(9)3)16(19)17-14(7-18)8-20-6/h14,18H,7-8H2,1-6H3,(H,17,19). The van der Waals surface area contributed by atoms with Gasteiger partial charge < -0.3 is 15.2 Å². The monoisotopic (exact) mass is 279 g/mol. The third-order valence-corrected chi connectivity index (χ3v) is 4.15. The first-order chi connectivity index (χ1) is 9.34. The second-order valence-corrected chi connectivity index (χ2v) is 5.31. The van der Waals surface area contributed by atoms with E-state index in [1.807, 2.05) is 27.7 Å². The molecule has 1 rings (SSSR count). The van der Waals surface area contributed by atoms with E-state index in [0.29, 0.717) is 12.2 Å². The number of ether oxygens (including phenoxy) is 1. The van der Waals surface area contributed by atoms with Crippen molar-refractivity contribution in [2.75, 3.05) is 20.3 Å². The Bertz CT molecular complexity index is 480. The SMILES string of the molecule is COCC(CO)NC(=O)c1c(C)c(C)c(C)c(C)c1C. The predicted octanol–water partition coefficient (Wildman–Crippen LogP) is 1.97. The lowest BCUT2D eigenvalue weighted by Gasteiger charge is -2.21. The molecular formula is C16H25NO3. The van der Waals surface area contributed by atoms with Crippen molar-refractivity contribution in [2.45, 2.75) is 40.7 Å². The molecule has 0 saturated heterocycles. The van der Waals surface area contributed by atoms with Crippen molar-refractivity contribution in [3.63, 3.8) is 0 Å². The third kappa shape index (κ3) is 3.19. The fourth-order valence-corrected chi connectivity index (χ4v) is 2.44. The number of aliphatic hydroxyl groups is 1. The highest BCUT2D eigenvalue weighted by Crippen LogP contribution is 2.25. The van der Waals surface area contributed by atoms with Crippen molar-refractivity contribution in [1.82, 2.24) is 5.32 Å². The van der Waals surface area contributed by atoms with Crippen LogP contribution in [0.3, 0.4) is 0 Å². The lowest BCUT2D eigenvalue weighted by molar-refractivity contribution is 0.0838. The second kappa shape index (κ2) is 6.86. The maximum atomic E-state index is 12.5. The number of hydrogen-bond acceptors (Lipinski definition) is 3. The molecule has 0 aliphatic heterocycles. The minimum absolute atomic E-state index is 0.137. The Morgan fingerprint density at radius 3 is 1.90 bits per heavy atom. The molecule has 0 fully saturated rings. The van der Waals surface area contributed by atoms with Crippen LogP contribution in [0.4, 0.5) is 0 Å². The Morgan fingerprint density at radius 1 is 1.05 bits per heavy atom. The molecule has 0 spiro atoms. The Kier molecular flexibility index (Phi) is 5.72. The van der Waals surface area contributed by atoms with E-state index in [9.17, 15) is 9.90 Å². The van der Waals surface area contributed by atoms with Crippen LogP contribution < -0.4 is 5.32 Å². The minimum atomic E-state index is -0.381. The Balaban J connectivity index is 3.17. The number of hydrogen-bond donors (Lipinski definition) is 2. The van der Waals surface area contributed by atoms with Gasteiger partial charge in [-0.3, -0.25) is 4.79 Å². The number of carbonyl (C=O) groups excluding carboxylic acids is 1. The van der Waals surface area contributed by atoms with Gasteiger partial charge in [0.2, 0.25) is 0 Å². The fraction of sp³-hybridized carbons (Fsp3) is 0.562. The maximum Gasteiger partial charge on any atom is 0.252 e. The lowest BCUT2D eigenvalue weighted by Crippen LogP contribution is -2.41. The molecule has 0 heterocycles. The van der Waals surface area contributed by atoms with E-state index < -0.39 is 0 Å². The van der Waals surface area contributed by atoms with Crippen LogP contribution in [-0.4, -0.2) is 37.4 Å². The molecule has 1 unspecified atom stereocenters. The van der Waals surface area contributed by atoms with Crippen LogP contribution in [-0.2, 0) is 4.74 Å². The molecule has 4 heteroatoms. The van der Waals surface area contributed by atoms with Crippen LogP contribution in [0.15, 0.2) is 0 Å². The van der Waals surface area contributed by atoms with Gasteiger partial charge in [0.15, 0.2) is 0 Å². The van der Waals surface area contributed by atoms with Gasteiger partial charge in [-0.2, -0.15) is 0 Å². The zero-order valence-electron chi connectivity index (χ0n) is 13.3. The predicted molar refractivity (Wildman–Crippen MR) is 80.3 cm³/mol. The van der Waals surface area contributed by atoms with Crippen molar-refractivity contribution >= 4 is 5.91 Å². The molecule has 0 radical (unpaired) electrons. The molecule has 0 aliphatic rings. The van der Waals surface area contributed by atoms with Gasteiger partial charge in [-0.1, -0.05) is 0 Å². The molecule has 2 N–H and O–H groups in total. The lowest BCUT2D eigenvalue weighted by atomic mass is 9.89. The number of amides is 1. The molecule has 1 amide bonds. The van der Waals surface area contributed by atoms with E-state index >= 15 is 0 Å². The van der Waals surface area contributed by atoms with E-state index in [1.165, 1.54) is 5.56 Å². The number of aliphatic hydroxyl groups excluding tert-OH is 1. The van der Waals surface area contributed by atoms with Crippen LogP contribution in [0.25, 0.3) is 0 Å². The Morgan fingerprint density at radius 2 is 1.50 bits per heavy atom. The van der Waals surface area contributed by atoms with Gasteiger partial charge in [-0.05, 0) is 62.4 Å². The molecule has 0 aromatic heterocycles. The van der Waals surface area contributed by atoms with Gasteiger partial charge in [-0.25, -0.2) is 0 Å². The molecule has 1 aromatic carbocycles. The van der Waals surface area contributed by atoms with Crippen LogP contribution in [0.1, 0.15) is 38.2 Å². The summed E-state index contributed by atoms with van der Waals surface area (Å²) >= 11 is 0.